The average molecular weight is 486 g/mol. The van der Waals surface area contributed by atoms with Crippen LogP contribution < -0.4 is 4.90 Å². The Morgan fingerprint density at radius 1 is 0.935 bits per heavy atom. The van der Waals surface area contributed by atoms with E-state index in [1.165, 1.54) is 22.5 Å². The Hall–Kier alpha value is -2.04. The molecule has 0 radical (unpaired) electrons. The molecule has 0 N–H and O–H groups in total. The Balaban J connectivity index is 1.48. The van der Waals surface area contributed by atoms with Gasteiger partial charge in [0.2, 0.25) is 15.9 Å². The first-order valence-corrected chi connectivity index (χ1v) is 11.7. The third kappa shape index (κ3) is 3.96. The molecule has 0 spiro atoms. The van der Waals surface area contributed by atoms with Crippen LogP contribution in [0.15, 0.2) is 47.4 Å². The van der Waals surface area contributed by atoms with Gasteiger partial charge in [-0.15, -0.1) is 0 Å². The van der Waals surface area contributed by atoms with Crippen molar-refractivity contribution in [2.45, 2.75) is 17.4 Å². The largest absolute Gasteiger partial charge is 0.289 e. The molecule has 2 saturated heterocycles. The standard InChI is InChI=1S/C20H18Cl2FN3O4S/c21-13-4-3-6-15(19(13)22)26-18(27)12-16(20(26)28)24-8-10-25(11-9-24)31(29,30)17-7-2-1-5-14(17)23/h1-7,16H,8-12H2/t16-/m1/s1. The van der Waals surface area contributed by atoms with E-state index in [2.05, 4.69) is 0 Å². The molecular formula is C20H18Cl2FN3O4S. The molecule has 2 heterocycles. The monoisotopic (exact) mass is 485 g/mol. The summed E-state index contributed by atoms with van der Waals surface area (Å²) in [6, 6.07) is 9.20. The maximum Gasteiger partial charge on any atom is 0.251 e. The van der Waals surface area contributed by atoms with Crippen molar-refractivity contribution in [3.8, 4) is 0 Å². The lowest BCUT2D eigenvalue weighted by Gasteiger charge is -2.36. The summed E-state index contributed by atoms with van der Waals surface area (Å²) in [5.74, 6) is -1.64. The Bertz CT molecular complexity index is 1150. The number of halogens is 3. The molecule has 0 aliphatic carbocycles. The van der Waals surface area contributed by atoms with Crippen LogP contribution in [0.2, 0.25) is 10.0 Å². The molecule has 2 amide bonds. The Morgan fingerprint density at radius 3 is 2.29 bits per heavy atom. The highest BCUT2D eigenvalue weighted by Crippen LogP contribution is 2.36. The van der Waals surface area contributed by atoms with E-state index in [1.807, 2.05) is 0 Å². The van der Waals surface area contributed by atoms with Crippen LogP contribution in [0, 0.1) is 5.82 Å². The summed E-state index contributed by atoms with van der Waals surface area (Å²) in [6.07, 6.45) is -0.0399. The third-order valence-electron chi connectivity index (χ3n) is 5.46. The Kier molecular flexibility index (Phi) is 6.06. The van der Waals surface area contributed by atoms with Crippen LogP contribution in [-0.4, -0.2) is 61.7 Å². The average Bonchev–Trinajstić information content (AvgIpc) is 3.04. The van der Waals surface area contributed by atoms with Crippen LogP contribution in [-0.2, 0) is 19.6 Å². The van der Waals surface area contributed by atoms with Crippen molar-refractivity contribution in [2.75, 3.05) is 31.1 Å². The van der Waals surface area contributed by atoms with Gasteiger partial charge in [-0.3, -0.25) is 14.5 Å². The minimum Gasteiger partial charge on any atom is -0.289 e. The molecule has 0 aromatic heterocycles. The van der Waals surface area contributed by atoms with Gasteiger partial charge in [0.15, 0.2) is 0 Å². The minimum absolute atomic E-state index is 0.0399. The van der Waals surface area contributed by atoms with E-state index >= 15 is 0 Å². The summed E-state index contributed by atoms with van der Waals surface area (Å²) in [4.78, 5) is 28.0. The van der Waals surface area contributed by atoms with Crippen molar-refractivity contribution in [1.29, 1.82) is 0 Å². The number of carbonyl (C=O) groups excluding carboxylic acids is 2. The molecule has 0 unspecified atom stereocenters. The molecule has 0 bridgehead atoms. The number of carbonyl (C=O) groups is 2. The fourth-order valence-electron chi connectivity index (χ4n) is 3.87. The van der Waals surface area contributed by atoms with E-state index in [0.29, 0.717) is 0 Å². The van der Waals surface area contributed by atoms with Gasteiger partial charge in [-0.2, -0.15) is 4.31 Å². The van der Waals surface area contributed by atoms with E-state index in [4.69, 9.17) is 23.2 Å². The molecule has 2 aliphatic rings. The molecular weight excluding hydrogens is 468 g/mol. The van der Waals surface area contributed by atoms with Gasteiger partial charge < -0.3 is 0 Å². The third-order valence-corrected chi connectivity index (χ3v) is 8.20. The van der Waals surface area contributed by atoms with Crippen molar-refractivity contribution in [3.05, 3.63) is 58.3 Å². The lowest BCUT2D eigenvalue weighted by molar-refractivity contribution is -0.123. The fourth-order valence-corrected chi connectivity index (χ4v) is 5.74. The summed E-state index contributed by atoms with van der Waals surface area (Å²) in [7, 11) is -3.99. The minimum atomic E-state index is -3.99. The summed E-state index contributed by atoms with van der Waals surface area (Å²) >= 11 is 12.2. The second-order valence-electron chi connectivity index (χ2n) is 7.23. The summed E-state index contributed by atoms with van der Waals surface area (Å²) in [5, 5.41) is 0.350. The van der Waals surface area contributed by atoms with Crippen LogP contribution in [0.4, 0.5) is 10.1 Å². The zero-order valence-corrected chi connectivity index (χ0v) is 18.5. The van der Waals surface area contributed by atoms with Crippen molar-refractivity contribution in [3.63, 3.8) is 0 Å². The normalized spacial score (nSPS) is 21.1. The molecule has 1 atom stereocenters. The van der Waals surface area contributed by atoms with Gasteiger partial charge in [0.25, 0.3) is 5.91 Å². The second-order valence-corrected chi connectivity index (χ2v) is 9.92. The van der Waals surface area contributed by atoms with E-state index < -0.39 is 33.7 Å². The number of sulfonamides is 1. The van der Waals surface area contributed by atoms with E-state index in [0.717, 1.165) is 11.0 Å². The van der Waals surface area contributed by atoms with Crippen molar-refractivity contribution in [1.82, 2.24) is 9.21 Å². The topological polar surface area (TPSA) is 78.0 Å². The number of benzene rings is 2. The molecule has 31 heavy (non-hydrogen) atoms. The molecule has 2 aromatic carbocycles. The van der Waals surface area contributed by atoms with Crippen LogP contribution >= 0.6 is 23.2 Å². The molecule has 4 rings (SSSR count). The lowest BCUT2D eigenvalue weighted by Crippen LogP contribution is -2.53. The number of hydrogen-bond acceptors (Lipinski definition) is 5. The quantitative estimate of drug-likeness (QED) is 0.622. The second kappa shape index (κ2) is 8.48. The first-order chi connectivity index (χ1) is 14.7. The van der Waals surface area contributed by atoms with Gasteiger partial charge in [0.05, 0.1) is 28.2 Å². The van der Waals surface area contributed by atoms with E-state index in [-0.39, 0.29) is 53.2 Å². The van der Waals surface area contributed by atoms with Crippen LogP contribution in [0.5, 0.6) is 0 Å². The highest BCUT2D eigenvalue weighted by molar-refractivity contribution is 7.89. The molecule has 2 aliphatic heterocycles. The van der Waals surface area contributed by atoms with Gasteiger partial charge in [0, 0.05) is 26.2 Å². The smallest absolute Gasteiger partial charge is 0.251 e. The van der Waals surface area contributed by atoms with Gasteiger partial charge in [0.1, 0.15) is 10.7 Å². The van der Waals surface area contributed by atoms with Gasteiger partial charge in [-0.05, 0) is 24.3 Å². The highest BCUT2D eigenvalue weighted by Gasteiger charge is 2.45. The van der Waals surface area contributed by atoms with Crippen molar-refractivity contribution < 1.29 is 22.4 Å². The van der Waals surface area contributed by atoms with Gasteiger partial charge in [-0.25, -0.2) is 17.7 Å². The SMILES string of the molecule is O=C1C[C@@H](N2CCN(S(=O)(=O)c3ccccc3F)CC2)C(=O)N1c1cccc(Cl)c1Cl. The van der Waals surface area contributed by atoms with Gasteiger partial charge >= 0.3 is 0 Å². The van der Waals surface area contributed by atoms with E-state index in [1.54, 1.807) is 23.1 Å². The number of piperazine rings is 1. The van der Waals surface area contributed by atoms with E-state index in [9.17, 15) is 22.4 Å². The fraction of sp³-hybridized carbons (Fsp3) is 0.300. The number of amides is 2. The van der Waals surface area contributed by atoms with Crippen LogP contribution in [0.1, 0.15) is 6.42 Å². The number of hydrogen-bond donors (Lipinski definition) is 0. The first-order valence-electron chi connectivity index (χ1n) is 9.51. The molecule has 2 aromatic rings. The zero-order valence-electron chi connectivity index (χ0n) is 16.2. The summed E-state index contributed by atoms with van der Waals surface area (Å²) in [5.41, 5.74) is 0.229. The molecule has 0 saturated carbocycles. The maximum absolute atomic E-state index is 14.0. The predicted octanol–water partition coefficient (Wildman–Crippen LogP) is 2.77. The maximum atomic E-state index is 14.0. The lowest BCUT2D eigenvalue weighted by atomic mass is 10.2. The summed E-state index contributed by atoms with van der Waals surface area (Å²) in [6.45, 7) is 0.613. The predicted molar refractivity (Wildman–Crippen MR) is 114 cm³/mol. The van der Waals surface area contributed by atoms with Crippen LogP contribution in [0.25, 0.3) is 0 Å². The Labute approximate surface area is 189 Å². The summed E-state index contributed by atoms with van der Waals surface area (Å²) < 4.78 is 40.7. The van der Waals surface area contributed by atoms with Crippen molar-refractivity contribution >= 4 is 50.7 Å². The highest BCUT2D eigenvalue weighted by atomic mass is 35.5. The number of anilines is 1. The number of nitrogens with zero attached hydrogens (tertiary/aromatic N) is 3. The van der Waals surface area contributed by atoms with Gasteiger partial charge in [-0.1, -0.05) is 41.4 Å². The Morgan fingerprint density at radius 2 is 1.61 bits per heavy atom. The van der Waals surface area contributed by atoms with Crippen LogP contribution in [0.3, 0.4) is 0 Å². The van der Waals surface area contributed by atoms with Crippen molar-refractivity contribution in [2.24, 2.45) is 0 Å². The molecule has 7 nitrogen and oxygen atoms in total. The molecule has 164 valence electrons. The molecule has 2 fully saturated rings. The first kappa shape index (κ1) is 22.2. The zero-order chi connectivity index (χ0) is 22.3. The molecule has 11 heteroatoms. The number of rotatable bonds is 4. The number of imide groups is 1.